The van der Waals surface area contributed by atoms with Gasteiger partial charge in [0, 0.05) is 34.8 Å². The number of nitriles is 1. The number of thiocarbonyl (C=S) groups is 1. The number of rotatable bonds is 3. The zero-order chi connectivity index (χ0) is 29.5. The first-order valence-corrected chi connectivity index (χ1v) is 13.4. The molecule has 0 aliphatic heterocycles. The van der Waals surface area contributed by atoms with Crippen molar-refractivity contribution in [1.29, 1.82) is 5.26 Å². The van der Waals surface area contributed by atoms with Crippen molar-refractivity contribution in [2.45, 2.75) is 21.3 Å². The van der Waals surface area contributed by atoms with Crippen molar-refractivity contribution in [2.24, 2.45) is 0 Å². The van der Waals surface area contributed by atoms with E-state index in [9.17, 15) is 9.59 Å². The standard InChI is InChI=1S/C14H12ClN3OS.C8H5NOS.C6H7ClN2.CH4/c1-9-7-11(15)12(16-8-9)17-14(20)18-13(19)10-5-3-2-4-6-10;9-6-11-8(10)7-4-2-1-3-5-7;1-4-2-5(7)6(8)3-9-4;/h2-8H,1H3,(H2,16,17,18,19,20);1-5H;2-3H,8H2,1H3;1H4. The third-order valence-electron chi connectivity index (χ3n) is 4.64. The lowest BCUT2D eigenvalue weighted by atomic mass is 10.2. The van der Waals surface area contributed by atoms with Crippen LogP contribution in [0.4, 0.5) is 11.5 Å². The summed E-state index contributed by atoms with van der Waals surface area (Å²) in [5.74, 6) is 0.127. The molecule has 0 aliphatic carbocycles. The molecule has 0 saturated heterocycles. The number of hydrogen-bond acceptors (Lipinski definition) is 8. The molecule has 2 aromatic heterocycles. The topological polar surface area (TPSA) is 134 Å². The number of thiocyanates is 1. The van der Waals surface area contributed by atoms with Gasteiger partial charge >= 0.3 is 0 Å². The van der Waals surface area contributed by atoms with Crippen LogP contribution >= 0.6 is 47.2 Å². The lowest BCUT2D eigenvalue weighted by Crippen LogP contribution is -2.34. The van der Waals surface area contributed by atoms with E-state index in [-0.39, 0.29) is 23.6 Å². The third kappa shape index (κ3) is 12.8. The Morgan fingerprint density at radius 1 is 0.927 bits per heavy atom. The number of amides is 1. The Morgan fingerprint density at radius 2 is 1.51 bits per heavy atom. The van der Waals surface area contributed by atoms with Crippen molar-refractivity contribution in [2.75, 3.05) is 11.1 Å². The fourth-order valence-corrected chi connectivity index (χ4v) is 3.74. The number of nitrogens with one attached hydrogen (secondary N) is 2. The summed E-state index contributed by atoms with van der Waals surface area (Å²) >= 11 is 17.4. The summed E-state index contributed by atoms with van der Waals surface area (Å²) in [6.07, 6.45) is 3.22. The molecule has 0 spiro atoms. The van der Waals surface area contributed by atoms with Crippen LogP contribution in [0.15, 0.2) is 85.2 Å². The summed E-state index contributed by atoms with van der Waals surface area (Å²) in [4.78, 5) is 30.9. The Hall–Kier alpha value is -4.01. The molecule has 4 rings (SSSR count). The molecule has 4 aromatic rings. The van der Waals surface area contributed by atoms with E-state index in [1.807, 2.05) is 26.0 Å². The zero-order valence-electron chi connectivity index (χ0n) is 21.4. The number of halogens is 2. The average Bonchev–Trinajstić information content (AvgIpc) is 2.94. The predicted octanol–water partition coefficient (Wildman–Crippen LogP) is 7.47. The number of thioether (sulfide) groups is 1. The van der Waals surface area contributed by atoms with Gasteiger partial charge in [0.2, 0.25) is 5.12 Å². The minimum absolute atomic E-state index is 0. The Kier molecular flexibility index (Phi) is 15.7. The van der Waals surface area contributed by atoms with Gasteiger partial charge in [-0.2, -0.15) is 5.26 Å². The van der Waals surface area contributed by atoms with E-state index in [1.54, 1.807) is 78.5 Å². The molecule has 0 fully saturated rings. The Balaban J connectivity index is 0.000000338. The Morgan fingerprint density at radius 3 is 2.02 bits per heavy atom. The van der Waals surface area contributed by atoms with Crippen LogP contribution in [0.1, 0.15) is 39.4 Å². The van der Waals surface area contributed by atoms with E-state index in [0.29, 0.717) is 44.4 Å². The average molecular weight is 628 g/mol. The van der Waals surface area contributed by atoms with E-state index in [4.69, 9.17) is 46.4 Å². The molecule has 8 nitrogen and oxygen atoms in total. The largest absolute Gasteiger partial charge is 0.396 e. The van der Waals surface area contributed by atoms with Crippen molar-refractivity contribution >= 4 is 74.8 Å². The summed E-state index contributed by atoms with van der Waals surface area (Å²) in [5, 5.41) is 16.3. The monoisotopic (exact) mass is 626 g/mol. The maximum absolute atomic E-state index is 11.9. The number of carbonyl (C=O) groups excluding carboxylic acids is 2. The van der Waals surface area contributed by atoms with Crippen molar-refractivity contribution in [3.05, 3.63) is 118 Å². The lowest BCUT2D eigenvalue weighted by Gasteiger charge is -2.10. The van der Waals surface area contributed by atoms with Gasteiger partial charge in [0.15, 0.2) is 10.9 Å². The van der Waals surface area contributed by atoms with Gasteiger partial charge in [-0.1, -0.05) is 79.2 Å². The van der Waals surface area contributed by atoms with Crippen LogP contribution in [0, 0.1) is 24.5 Å². The van der Waals surface area contributed by atoms with Crippen LogP contribution in [-0.4, -0.2) is 26.1 Å². The van der Waals surface area contributed by atoms with Gasteiger partial charge in [-0.15, -0.1) is 0 Å². The predicted molar refractivity (Wildman–Crippen MR) is 173 cm³/mol. The molecule has 41 heavy (non-hydrogen) atoms. The van der Waals surface area contributed by atoms with Gasteiger partial charge in [0.05, 0.1) is 21.9 Å². The van der Waals surface area contributed by atoms with Crippen molar-refractivity contribution in [3.63, 3.8) is 0 Å². The van der Waals surface area contributed by atoms with Crippen molar-refractivity contribution in [3.8, 4) is 5.40 Å². The molecular formula is C29H28Cl2N6O2S2. The zero-order valence-corrected chi connectivity index (χ0v) is 24.5. The molecule has 0 radical (unpaired) electrons. The number of nitrogen functional groups attached to an aromatic ring is 1. The molecule has 0 unspecified atom stereocenters. The fourth-order valence-electron chi connectivity index (χ4n) is 2.74. The number of pyridine rings is 2. The van der Waals surface area contributed by atoms with Gasteiger partial charge in [-0.3, -0.25) is 19.9 Å². The van der Waals surface area contributed by atoms with Gasteiger partial charge < -0.3 is 11.1 Å². The summed E-state index contributed by atoms with van der Waals surface area (Å²) in [6, 6.07) is 21.0. The SMILES string of the molecule is C.Cc1cc(Cl)c(N)cn1.Cc1cnc(NC(=S)NC(=O)c2ccccc2)c(Cl)c1.N#CSC(=O)c1ccccc1. The maximum Gasteiger partial charge on any atom is 0.257 e. The number of nitrogens with zero attached hydrogens (tertiary/aromatic N) is 3. The van der Waals surface area contributed by atoms with Gasteiger partial charge in [-0.25, -0.2) is 4.98 Å². The first-order chi connectivity index (χ1) is 19.1. The Bertz CT molecular complexity index is 1500. The third-order valence-corrected chi connectivity index (χ3v) is 5.97. The second-order valence-electron chi connectivity index (χ2n) is 7.81. The van der Waals surface area contributed by atoms with Crippen LogP contribution in [-0.2, 0) is 0 Å². The molecule has 0 atom stereocenters. The highest BCUT2D eigenvalue weighted by Gasteiger charge is 2.09. The number of anilines is 2. The normalized spacial score (nSPS) is 9.24. The molecule has 1 amide bonds. The van der Waals surface area contributed by atoms with Crippen molar-refractivity contribution in [1.82, 2.24) is 15.3 Å². The van der Waals surface area contributed by atoms with Gasteiger partial charge in [-0.05, 0) is 55.9 Å². The van der Waals surface area contributed by atoms with Crippen molar-refractivity contribution < 1.29 is 9.59 Å². The molecule has 0 bridgehead atoms. The molecular weight excluding hydrogens is 599 g/mol. The number of benzene rings is 2. The number of aryl methyl sites for hydroxylation is 2. The van der Waals surface area contributed by atoms with Gasteiger partial charge in [0.1, 0.15) is 5.40 Å². The minimum Gasteiger partial charge on any atom is -0.396 e. The van der Waals surface area contributed by atoms with Crippen LogP contribution < -0.4 is 16.4 Å². The first kappa shape index (κ1) is 35.0. The van der Waals surface area contributed by atoms with Crippen LogP contribution in [0.3, 0.4) is 0 Å². The van der Waals surface area contributed by atoms with Crippen LogP contribution in [0.5, 0.6) is 0 Å². The highest BCUT2D eigenvalue weighted by Crippen LogP contribution is 2.19. The lowest BCUT2D eigenvalue weighted by molar-refractivity contribution is 0.0977. The number of aromatic nitrogens is 2. The second kappa shape index (κ2) is 18.4. The van der Waals surface area contributed by atoms with Crippen LogP contribution in [0.25, 0.3) is 0 Å². The van der Waals surface area contributed by atoms with E-state index < -0.39 is 0 Å². The molecule has 0 saturated carbocycles. The molecule has 4 N–H and O–H groups in total. The van der Waals surface area contributed by atoms with E-state index in [1.165, 1.54) is 0 Å². The Labute approximate surface area is 259 Å². The number of hydrogen-bond donors (Lipinski definition) is 3. The van der Waals surface area contributed by atoms with Crippen LogP contribution in [0.2, 0.25) is 10.0 Å². The first-order valence-electron chi connectivity index (χ1n) is 11.4. The second-order valence-corrected chi connectivity index (χ2v) is 9.79. The maximum atomic E-state index is 11.9. The fraction of sp³-hybridized carbons (Fsp3) is 0.103. The number of nitrogens with two attached hydrogens (primary N) is 1. The smallest absolute Gasteiger partial charge is 0.257 e. The molecule has 2 aromatic carbocycles. The quantitative estimate of drug-likeness (QED) is 0.156. The highest BCUT2D eigenvalue weighted by molar-refractivity contribution is 8.18. The molecule has 12 heteroatoms. The van der Waals surface area contributed by atoms with E-state index in [2.05, 4.69) is 20.6 Å². The number of carbonyl (C=O) groups is 2. The van der Waals surface area contributed by atoms with Gasteiger partial charge in [0.25, 0.3) is 5.91 Å². The summed E-state index contributed by atoms with van der Waals surface area (Å²) in [5.41, 5.74) is 8.85. The summed E-state index contributed by atoms with van der Waals surface area (Å²) < 4.78 is 0. The minimum atomic E-state index is -0.286. The summed E-state index contributed by atoms with van der Waals surface area (Å²) in [7, 11) is 0. The van der Waals surface area contributed by atoms with E-state index >= 15 is 0 Å². The molecule has 212 valence electrons. The van der Waals surface area contributed by atoms with E-state index in [0.717, 1.165) is 11.3 Å². The molecule has 0 aliphatic rings. The highest BCUT2D eigenvalue weighted by atomic mass is 35.5. The summed E-state index contributed by atoms with van der Waals surface area (Å²) in [6.45, 7) is 3.75. The molecule has 2 heterocycles.